The van der Waals surface area contributed by atoms with Crippen LogP contribution in [0.5, 0.6) is 0 Å². The van der Waals surface area contributed by atoms with Gasteiger partial charge in [-0.25, -0.2) is 0 Å². The molecule has 0 aliphatic carbocycles. The molecule has 4 nitrogen and oxygen atoms in total. The average molecular weight is 243 g/mol. The fourth-order valence-corrected chi connectivity index (χ4v) is 1.61. The lowest BCUT2D eigenvalue weighted by atomic mass is 10.1. The summed E-state index contributed by atoms with van der Waals surface area (Å²) in [5.41, 5.74) is 0. The first-order chi connectivity index (χ1) is 7.88. The van der Waals surface area contributed by atoms with Crippen LogP contribution in [0.2, 0.25) is 0 Å². The second-order valence-electron chi connectivity index (χ2n) is 5.04. The molecule has 0 saturated carbocycles. The smallest absolute Gasteiger partial charge is 0.308 e. The van der Waals surface area contributed by atoms with Crippen molar-refractivity contribution in [3.05, 3.63) is 0 Å². The monoisotopic (exact) mass is 243 g/mol. The van der Waals surface area contributed by atoms with E-state index in [1.54, 1.807) is 11.8 Å². The molecule has 0 aliphatic rings. The molecule has 1 N–H and O–H groups in total. The maximum absolute atomic E-state index is 11.9. The van der Waals surface area contributed by atoms with Gasteiger partial charge in [-0.2, -0.15) is 0 Å². The van der Waals surface area contributed by atoms with E-state index in [1.807, 2.05) is 20.8 Å². The summed E-state index contributed by atoms with van der Waals surface area (Å²) < 4.78 is 0. The highest BCUT2D eigenvalue weighted by atomic mass is 16.4. The van der Waals surface area contributed by atoms with Crippen molar-refractivity contribution in [2.24, 2.45) is 11.8 Å². The van der Waals surface area contributed by atoms with Gasteiger partial charge in [0.1, 0.15) is 0 Å². The molecular weight excluding hydrogens is 218 g/mol. The number of carboxylic acids is 1. The summed E-state index contributed by atoms with van der Waals surface area (Å²) in [7, 11) is 0. The van der Waals surface area contributed by atoms with E-state index in [2.05, 4.69) is 0 Å². The number of carbonyl (C=O) groups excluding carboxylic acids is 1. The van der Waals surface area contributed by atoms with Gasteiger partial charge in [0, 0.05) is 19.5 Å². The van der Waals surface area contributed by atoms with E-state index in [-0.39, 0.29) is 5.91 Å². The first-order valence-corrected chi connectivity index (χ1v) is 6.39. The van der Waals surface area contributed by atoms with Crippen molar-refractivity contribution >= 4 is 11.9 Å². The van der Waals surface area contributed by atoms with Crippen LogP contribution in [0.25, 0.3) is 0 Å². The minimum Gasteiger partial charge on any atom is -0.481 e. The summed E-state index contributed by atoms with van der Waals surface area (Å²) in [4.78, 5) is 24.4. The first-order valence-electron chi connectivity index (χ1n) is 6.39. The second-order valence-corrected chi connectivity index (χ2v) is 5.04. The molecule has 0 heterocycles. The van der Waals surface area contributed by atoms with E-state index >= 15 is 0 Å². The number of rotatable bonds is 8. The quantitative estimate of drug-likeness (QED) is 0.712. The van der Waals surface area contributed by atoms with Crippen molar-refractivity contribution in [3.8, 4) is 0 Å². The number of carbonyl (C=O) groups is 2. The predicted molar refractivity (Wildman–Crippen MR) is 67.7 cm³/mol. The third-order valence-corrected chi connectivity index (χ3v) is 2.60. The molecule has 4 heteroatoms. The molecular formula is C13H25NO3. The Kier molecular flexibility index (Phi) is 7.59. The Hall–Kier alpha value is -1.06. The number of hydrogen-bond acceptors (Lipinski definition) is 2. The van der Waals surface area contributed by atoms with Crippen LogP contribution >= 0.6 is 0 Å². The minimum absolute atomic E-state index is 0.0775. The normalized spacial score (nSPS) is 12.5. The van der Waals surface area contributed by atoms with Gasteiger partial charge < -0.3 is 10.0 Å². The number of carboxylic acid groups (broad SMARTS) is 1. The van der Waals surface area contributed by atoms with Gasteiger partial charge in [-0.1, -0.05) is 34.1 Å². The number of aliphatic carboxylic acids is 1. The number of nitrogens with zero attached hydrogens (tertiary/aromatic N) is 1. The van der Waals surface area contributed by atoms with Gasteiger partial charge in [0.05, 0.1) is 5.92 Å². The van der Waals surface area contributed by atoms with Crippen LogP contribution < -0.4 is 0 Å². The van der Waals surface area contributed by atoms with Crippen LogP contribution in [0.3, 0.4) is 0 Å². The Morgan fingerprint density at radius 2 is 1.76 bits per heavy atom. The molecule has 0 fully saturated rings. The highest BCUT2D eigenvalue weighted by Crippen LogP contribution is 2.08. The number of hydrogen-bond donors (Lipinski definition) is 1. The predicted octanol–water partition coefficient (Wildman–Crippen LogP) is 2.38. The Morgan fingerprint density at radius 3 is 2.18 bits per heavy atom. The van der Waals surface area contributed by atoms with Gasteiger partial charge in [0.25, 0.3) is 0 Å². The SMILES string of the molecule is CCCCC(=O)N(CC(C)C)CC(C)C(=O)O. The summed E-state index contributed by atoms with van der Waals surface area (Å²) >= 11 is 0. The molecule has 0 bridgehead atoms. The van der Waals surface area contributed by atoms with E-state index in [1.165, 1.54) is 0 Å². The Morgan fingerprint density at radius 1 is 1.18 bits per heavy atom. The minimum atomic E-state index is -0.845. The third-order valence-electron chi connectivity index (χ3n) is 2.60. The molecule has 0 aromatic rings. The molecule has 1 atom stereocenters. The Labute approximate surface area is 104 Å². The Balaban J connectivity index is 4.41. The fourth-order valence-electron chi connectivity index (χ4n) is 1.61. The van der Waals surface area contributed by atoms with Gasteiger partial charge >= 0.3 is 5.97 Å². The molecule has 1 amide bonds. The summed E-state index contributed by atoms with van der Waals surface area (Å²) in [6.45, 7) is 8.70. The van der Waals surface area contributed by atoms with Crippen LogP contribution in [0.15, 0.2) is 0 Å². The van der Waals surface area contributed by atoms with Crippen LogP contribution in [-0.2, 0) is 9.59 Å². The lowest BCUT2D eigenvalue weighted by Crippen LogP contribution is -2.39. The van der Waals surface area contributed by atoms with Crippen LogP contribution in [0.1, 0.15) is 47.0 Å². The molecule has 0 rings (SSSR count). The molecule has 0 aromatic carbocycles. The summed E-state index contributed by atoms with van der Waals surface area (Å²) in [5, 5.41) is 8.88. The lowest BCUT2D eigenvalue weighted by molar-refractivity contribution is -0.143. The first kappa shape index (κ1) is 15.9. The highest BCUT2D eigenvalue weighted by Gasteiger charge is 2.20. The zero-order valence-electron chi connectivity index (χ0n) is 11.4. The maximum Gasteiger partial charge on any atom is 0.308 e. The van der Waals surface area contributed by atoms with Gasteiger partial charge in [-0.3, -0.25) is 9.59 Å². The Bertz CT molecular complexity index is 251. The van der Waals surface area contributed by atoms with Crippen molar-refractivity contribution in [1.29, 1.82) is 0 Å². The highest BCUT2D eigenvalue weighted by molar-refractivity contribution is 5.77. The zero-order chi connectivity index (χ0) is 13.4. The van der Waals surface area contributed by atoms with Crippen molar-refractivity contribution in [2.75, 3.05) is 13.1 Å². The molecule has 0 aromatic heterocycles. The van der Waals surface area contributed by atoms with Crippen molar-refractivity contribution in [3.63, 3.8) is 0 Å². The van der Waals surface area contributed by atoms with Crippen molar-refractivity contribution in [2.45, 2.75) is 47.0 Å². The molecule has 0 aliphatic heterocycles. The van der Waals surface area contributed by atoms with Gasteiger partial charge in [-0.15, -0.1) is 0 Å². The largest absolute Gasteiger partial charge is 0.481 e. The number of amides is 1. The zero-order valence-corrected chi connectivity index (χ0v) is 11.4. The van der Waals surface area contributed by atoms with E-state index in [4.69, 9.17) is 5.11 Å². The van der Waals surface area contributed by atoms with E-state index in [0.29, 0.717) is 25.4 Å². The van der Waals surface area contributed by atoms with E-state index in [0.717, 1.165) is 12.8 Å². The average Bonchev–Trinajstić information content (AvgIpc) is 2.23. The molecule has 100 valence electrons. The van der Waals surface area contributed by atoms with Crippen LogP contribution in [0.4, 0.5) is 0 Å². The topological polar surface area (TPSA) is 57.6 Å². The van der Waals surface area contributed by atoms with Gasteiger partial charge in [0.15, 0.2) is 0 Å². The fraction of sp³-hybridized carbons (Fsp3) is 0.846. The molecule has 1 unspecified atom stereocenters. The van der Waals surface area contributed by atoms with Crippen molar-refractivity contribution < 1.29 is 14.7 Å². The van der Waals surface area contributed by atoms with E-state index < -0.39 is 11.9 Å². The summed E-state index contributed by atoms with van der Waals surface area (Å²) in [6.07, 6.45) is 2.38. The van der Waals surface area contributed by atoms with Crippen molar-refractivity contribution in [1.82, 2.24) is 4.90 Å². The molecule has 0 spiro atoms. The second kappa shape index (κ2) is 8.09. The third kappa shape index (κ3) is 6.97. The van der Waals surface area contributed by atoms with Crippen LogP contribution in [0, 0.1) is 11.8 Å². The summed E-state index contributed by atoms with van der Waals surface area (Å²) in [6, 6.07) is 0. The standard InChI is InChI=1S/C13H25NO3/c1-5-6-7-12(15)14(8-10(2)3)9-11(4)13(16)17/h10-11H,5-9H2,1-4H3,(H,16,17). The van der Waals surface area contributed by atoms with Gasteiger partial charge in [0.2, 0.25) is 5.91 Å². The summed E-state index contributed by atoms with van der Waals surface area (Å²) in [5.74, 6) is -0.906. The molecule has 0 radical (unpaired) electrons. The van der Waals surface area contributed by atoms with Gasteiger partial charge in [-0.05, 0) is 12.3 Å². The van der Waals surface area contributed by atoms with E-state index in [9.17, 15) is 9.59 Å². The van der Waals surface area contributed by atoms with Crippen LogP contribution in [-0.4, -0.2) is 35.0 Å². The number of unbranched alkanes of at least 4 members (excludes halogenated alkanes) is 1. The lowest BCUT2D eigenvalue weighted by Gasteiger charge is -2.26. The molecule has 17 heavy (non-hydrogen) atoms. The maximum atomic E-state index is 11.9. The molecule has 0 saturated heterocycles.